The van der Waals surface area contributed by atoms with Gasteiger partial charge in [0.25, 0.3) is 0 Å². The van der Waals surface area contributed by atoms with Crippen LogP contribution >= 0.6 is 0 Å². The molecule has 1 heteroatoms. The Morgan fingerprint density at radius 2 is 2.22 bits per heavy atom. The van der Waals surface area contributed by atoms with Gasteiger partial charge in [0.2, 0.25) is 0 Å². The van der Waals surface area contributed by atoms with Crippen LogP contribution < -0.4 is 0 Å². The van der Waals surface area contributed by atoms with Gasteiger partial charge < -0.3 is 0 Å². The number of carbonyl (C=O) groups excluding carboxylic acids is 1. The van der Waals surface area contributed by atoms with E-state index in [2.05, 4.69) is 6.08 Å². The number of carbonyl (C=O) groups is 1. The first-order valence-corrected chi connectivity index (χ1v) is 3.34. The van der Waals surface area contributed by atoms with Crippen LogP contribution in [0.15, 0.2) is 12.2 Å². The summed E-state index contributed by atoms with van der Waals surface area (Å²) in [5.74, 6) is 0.366. The summed E-state index contributed by atoms with van der Waals surface area (Å²) in [5, 5.41) is 0. The Kier molecular flexibility index (Phi) is 1.43. The molecule has 0 atom stereocenters. The van der Waals surface area contributed by atoms with Crippen molar-refractivity contribution in [3.8, 4) is 0 Å². The van der Waals surface area contributed by atoms with Crippen molar-refractivity contribution >= 4 is 5.78 Å². The number of allylic oxidation sites excluding steroid dienone is 2. The normalized spacial score (nSPS) is 24.4. The van der Waals surface area contributed by atoms with E-state index in [1.165, 1.54) is 0 Å². The smallest absolute Gasteiger partial charge is 0.142 e. The molecule has 0 saturated heterocycles. The van der Waals surface area contributed by atoms with Crippen LogP contribution in [0.25, 0.3) is 0 Å². The summed E-state index contributed by atoms with van der Waals surface area (Å²) < 4.78 is 0. The number of Topliss-reactive ketones (excluding diaryl/α,β-unsaturated/α-hetero) is 1. The summed E-state index contributed by atoms with van der Waals surface area (Å²) in [7, 11) is 0. The van der Waals surface area contributed by atoms with Crippen LogP contribution in [0.2, 0.25) is 0 Å². The number of ketones is 1. The third kappa shape index (κ3) is 1.21. The number of hydrogen-bond donors (Lipinski definition) is 0. The highest BCUT2D eigenvalue weighted by Crippen LogP contribution is 2.25. The number of rotatable bonds is 0. The molecule has 1 rings (SSSR count). The average molecular weight is 124 g/mol. The van der Waals surface area contributed by atoms with Gasteiger partial charge >= 0.3 is 0 Å². The molecule has 0 spiro atoms. The van der Waals surface area contributed by atoms with Crippen molar-refractivity contribution in [2.24, 2.45) is 5.41 Å². The SMILES string of the molecule is CC1(C)C=CCCC1=O. The molecule has 0 aliphatic heterocycles. The molecule has 0 fully saturated rings. The van der Waals surface area contributed by atoms with Crippen molar-refractivity contribution in [1.82, 2.24) is 0 Å². The fourth-order valence-corrected chi connectivity index (χ4v) is 1.01. The molecular weight excluding hydrogens is 112 g/mol. The summed E-state index contributed by atoms with van der Waals surface area (Å²) in [6.07, 6.45) is 5.74. The topological polar surface area (TPSA) is 17.1 Å². The van der Waals surface area contributed by atoms with Crippen molar-refractivity contribution in [2.75, 3.05) is 0 Å². The van der Waals surface area contributed by atoms with Gasteiger partial charge in [0.15, 0.2) is 0 Å². The van der Waals surface area contributed by atoms with E-state index in [0.29, 0.717) is 5.78 Å². The number of hydrogen-bond acceptors (Lipinski definition) is 1. The largest absolute Gasteiger partial charge is 0.299 e. The molecule has 9 heavy (non-hydrogen) atoms. The van der Waals surface area contributed by atoms with E-state index in [-0.39, 0.29) is 5.41 Å². The van der Waals surface area contributed by atoms with Crippen LogP contribution in [0.3, 0.4) is 0 Å². The molecular formula is C8H12O. The van der Waals surface area contributed by atoms with Gasteiger partial charge in [-0.1, -0.05) is 12.2 Å². The van der Waals surface area contributed by atoms with Gasteiger partial charge in [0.1, 0.15) is 5.78 Å². The van der Waals surface area contributed by atoms with Crippen LogP contribution in [0.1, 0.15) is 26.7 Å². The zero-order chi connectivity index (χ0) is 6.91. The van der Waals surface area contributed by atoms with Gasteiger partial charge in [-0.25, -0.2) is 0 Å². The molecule has 1 nitrogen and oxygen atoms in total. The zero-order valence-electron chi connectivity index (χ0n) is 5.98. The van der Waals surface area contributed by atoms with Gasteiger partial charge in [-0.3, -0.25) is 4.79 Å². The molecule has 0 heterocycles. The molecule has 0 aromatic heterocycles. The second kappa shape index (κ2) is 1.98. The molecule has 0 unspecified atom stereocenters. The maximum Gasteiger partial charge on any atom is 0.142 e. The standard InChI is InChI=1S/C8H12O/c1-8(2)6-4-3-5-7(8)9/h4,6H,3,5H2,1-2H3. The molecule has 0 N–H and O–H groups in total. The lowest BCUT2D eigenvalue weighted by Crippen LogP contribution is -2.23. The van der Waals surface area contributed by atoms with Gasteiger partial charge in [-0.15, -0.1) is 0 Å². The molecule has 0 bridgehead atoms. The summed E-state index contributed by atoms with van der Waals surface area (Å²) >= 11 is 0. The maximum atomic E-state index is 11.1. The predicted octanol–water partition coefficient (Wildman–Crippen LogP) is 1.93. The van der Waals surface area contributed by atoms with Crippen molar-refractivity contribution < 1.29 is 4.79 Å². The maximum absolute atomic E-state index is 11.1. The first-order chi connectivity index (χ1) is 4.13. The predicted molar refractivity (Wildman–Crippen MR) is 37.2 cm³/mol. The van der Waals surface area contributed by atoms with Crippen LogP contribution in [0.4, 0.5) is 0 Å². The monoisotopic (exact) mass is 124 g/mol. The van der Waals surface area contributed by atoms with E-state index in [4.69, 9.17) is 0 Å². The summed E-state index contributed by atoms with van der Waals surface area (Å²) in [5.41, 5.74) is -0.182. The molecule has 0 saturated carbocycles. The highest BCUT2D eigenvalue weighted by atomic mass is 16.1. The first-order valence-electron chi connectivity index (χ1n) is 3.34. The average Bonchev–Trinajstić information content (AvgIpc) is 1.77. The molecule has 1 aliphatic rings. The van der Waals surface area contributed by atoms with Crippen LogP contribution in [0.5, 0.6) is 0 Å². The van der Waals surface area contributed by atoms with Crippen molar-refractivity contribution in [1.29, 1.82) is 0 Å². The Labute approximate surface area is 55.8 Å². The summed E-state index contributed by atoms with van der Waals surface area (Å²) in [6.45, 7) is 3.93. The lowest BCUT2D eigenvalue weighted by atomic mass is 9.82. The Hall–Kier alpha value is -0.590. The van der Waals surface area contributed by atoms with E-state index in [1.54, 1.807) is 0 Å². The summed E-state index contributed by atoms with van der Waals surface area (Å²) in [6, 6.07) is 0. The molecule has 0 aromatic carbocycles. The van der Waals surface area contributed by atoms with Gasteiger partial charge in [-0.2, -0.15) is 0 Å². The third-order valence-electron chi connectivity index (χ3n) is 1.79. The molecule has 0 radical (unpaired) electrons. The van der Waals surface area contributed by atoms with E-state index in [1.807, 2.05) is 19.9 Å². The third-order valence-corrected chi connectivity index (χ3v) is 1.79. The van der Waals surface area contributed by atoms with Crippen molar-refractivity contribution in [3.63, 3.8) is 0 Å². The Morgan fingerprint density at radius 3 is 2.56 bits per heavy atom. The minimum Gasteiger partial charge on any atom is -0.299 e. The first kappa shape index (κ1) is 6.53. The fraction of sp³-hybridized carbons (Fsp3) is 0.625. The second-order valence-electron chi connectivity index (χ2n) is 3.09. The Morgan fingerprint density at radius 1 is 1.56 bits per heavy atom. The second-order valence-corrected chi connectivity index (χ2v) is 3.09. The van der Waals surface area contributed by atoms with Gasteiger partial charge in [-0.05, 0) is 20.3 Å². The molecule has 0 amide bonds. The molecule has 1 aliphatic carbocycles. The minimum absolute atomic E-state index is 0.182. The van der Waals surface area contributed by atoms with Crippen molar-refractivity contribution in [3.05, 3.63) is 12.2 Å². The lowest BCUT2D eigenvalue weighted by molar-refractivity contribution is -0.125. The Balaban J connectivity index is 2.81. The van der Waals surface area contributed by atoms with Crippen LogP contribution in [-0.4, -0.2) is 5.78 Å². The van der Waals surface area contributed by atoms with Crippen LogP contribution in [0, 0.1) is 5.41 Å². The van der Waals surface area contributed by atoms with Crippen LogP contribution in [-0.2, 0) is 4.79 Å². The van der Waals surface area contributed by atoms with Gasteiger partial charge in [0, 0.05) is 11.8 Å². The van der Waals surface area contributed by atoms with E-state index in [0.717, 1.165) is 12.8 Å². The quantitative estimate of drug-likeness (QED) is 0.451. The highest BCUT2D eigenvalue weighted by molar-refractivity contribution is 5.86. The molecule has 50 valence electrons. The van der Waals surface area contributed by atoms with E-state index < -0.39 is 0 Å². The minimum atomic E-state index is -0.182. The molecule has 0 aromatic rings. The zero-order valence-corrected chi connectivity index (χ0v) is 5.98. The fourth-order valence-electron chi connectivity index (χ4n) is 1.01. The lowest BCUT2D eigenvalue weighted by Gasteiger charge is -2.21. The highest BCUT2D eigenvalue weighted by Gasteiger charge is 2.25. The summed E-state index contributed by atoms with van der Waals surface area (Å²) in [4.78, 5) is 11.1. The van der Waals surface area contributed by atoms with E-state index in [9.17, 15) is 4.79 Å². The van der Waals surface area contributed by atoms with E-state index >= 15 is 0 Å². The van der Waals surface area contributed by atoms with Crippen molar-refractivity contribution in [2.45, 2.75) is 26.7 Å². The van der Waals surface area contributed by atoms with Gasteiger partial charge in [0.05, 0.1) is 0 Å². The Bertz CT molecular complexity index is 154.